The monoisotopic (exact) mass is 282 g/mol. The number of hydrogen-bond donors (Lipinski definition) is 4. The highest BCUT2D eigenvalue weighted by Gasteiger charge is 2.08. The number of carbonyl (C=O) groups is 2. The minimum absolute atomic E-state index is 0.0377. The quantitative estimate of drug-likeness (QED) is 0.606. The summed E-state index contributed by atoms with van der Waals surface area (Å²) in [4.78, 5) is 20.2. The number of rotatable bonds is 7. The van der Waals surface area contributed by atoms with Gasteiger partial charge in [0.15, 0.2) is 0 Å². The second kappa shape index (κ2) is 10.8. The first kappa shape index (κ1) is 17.9. The highest BCUT2D eigenvalue weighted by atomic mass is 16.4. The van der Waals surface area contributed by atoms with E-state index in [2.05, 4.69) is 5.32 Å². The van der Waals surface area contributed by atoms with Crippen LogP contribution in [0.2, 0.25) is 0 Å². The lowest BCUT2D eigenvalue weighted by molar-refractivity contribution is -0.138. The van der Waals surface area contributed by atoms with Crippen molar-refractivity contribution < 1.29 is 19.8 Å². The predicted octanol–water partition coefficient (Wildman–Crippen LogP) is 1.77. The van der Waals surface area contributed by atoms with Gasteiger partial charge in [-0.15, -0.1) is 0 Å². The van der Waals surface area contributed by atoms with Gasteiger partial charge in [-0.2, -0.15) is 0 Å². The molecule has 0 saturated heterocycles. The van der Waals surface area contributed by atoms with Crippen LogP contribution in [0.4, 0.5) is 5.69 Å². The molecule has 0 bridgehead atoms. The molecule has 20 heavy (non-hydrogen) atoms. The van der Waals surface area contributed by atoms with Crippen LogP contribution in [0.25, 0.3) is 0 Å². The molecule has 0 amide bonds. The van der Waals surface area contributed by atoms with Crippen molar-refractivity contribution in [2.45, 2.75) is 32.2 Å². The molecule has 0 aliphatic heterocycles. The molecular formula is C14H22N2O4. The lowest BCUT2D eigenvalue weighted by Gasteiger charge is -2.02. The smallest absolute Gasteiger partial charge is 0.322 e. The van der Waals surface area contributed by atoms with Crippen molar-refractivity contribution in [2.75, 3.05) is 11.9 Å². The number of carboxylic acids is 2. The molecule has 0 fully saturated rings. The second-order valence-electron chi connectivity index (χ2n) is 4.20. The molecular weight excluding hydrogens is 260 g/mol. The second-order valence-corrected chi connectivity index (χ2v) is 4.20. The van der Waals surface area contributed by atoms with Gasteiger partial charge in [-0.05, 0) is 18.6 Å². The molecule has 0 aliphatic carbocycles. The Kier molecular flexibility index (Phi) is 9.68. The van der Waals surface area contributed by atoms with Crippen LogP contribution >= 0.6 is 0 Å². The van der Waals surface area contributed by atoms with Crippen molar-refractivity contribution >= 4 is 17.6 Å². The third kappa shape index (κ3) is 9.90. The number of carboxylic acid groups (broad SMARTS) is 2. The van der Waals surface area contributed by atoms with Crippen molar-refractivity contribution in [3.63, 3.8) is 0 Å². The Hall–Kier alpha value is -2.08. The maximum absolute atomic E-state index is 10.1. The minimum Gasteiger partial charge on any atom is -0.480 e. The summed E-state index contributed by atoms with van der Waals surface area (Å²) in [5, 5.41) is 19.3. The van der Waals surface area contributed by atoms with Gasteiger partial charge in [0, 0.05) is 5.69 Å². The fourth-order valence-corrected chi connectivity index (χ4v) is 1.28. The van der Waals surface area contributed by atoms with Gasteiger partial charge >= 0.3 is 11.9 Å². The van der Waals surface area contributed by atoms with Gasteiger partial charge in [0.25, 0.3) is 0 Å². The molecule has 1 aromatic rings. The van der Waals surface area contributed by atoms with Gasteiger partial charge in [0.1, 0.15) is 12.6 Å². The zero-order valence-corrected chi connectivity index (χ0v) is 11.6. The summed E-state index contributed by atoms with van der Waals surface area (Å²) >= 11 is 0. The molecule has 1 aromatic carbocycles. The summed E-state index contributed by atoms with van der Waals surface area (Å²) in [5.41, 5.74) is 6.03. The Morgan fingerprint density at radius 2 is 1.85 bits per heavy atom. The fourth-order valence-electron chi connectivity index (χ4n) is 1.28. The van der Waals surface area contributed by atoms with Crippen molar-refractivity contribution in [1.29, 1.82) is 0 Å². The van der Waals surface area contributed by atoms with Gasteiger partial charge < -0.3 is 21.3 Å². The number of anilines is 1. The summed E-state index contributed by atoms with van der Waals surface area (Å²) in [6.45, 7) is 1.97. The topological polar surface area (TPSA) is 113 Å². The van der Waals surface area contributed by atoms with Crippen LogP contribution in [0, 0.1) is 0 Å². The number of nitrogens with one attached hydrogen (secondary N) is 1. The summed E-state index contributed by atoms with van der Waals surface area (Å²) in [6.07, 6.45) is 2.49. The third-order valence-electron chi connectivity index (χ3n) is 2.40. The van der Waals surface area contributed by atoms with E-state index in [-0.39, 0.29) is 6.54 Å². The maximum Gasteiger partial charge on any atom is 0.322 e. The van der Waals surface area contributed by atoms with Gasteiger partial charge in [0.05, 0.1) is 0 Å². The number of para-hydroxylation sites is 1. The van der Waals surface area contributed by atoms with Crippen LogP contribution in [0.15, 0.2) is 30.3 Å². The summed E-state index contributed by atoms with van der Waals surface area (Å²) in [6, 6.07) is 8.57. The lowest BCUT2D eigenvalue weighted by atomic mass is 10.1. The largest absolute Gasteiger partial charge is 0.480 e. The van der Waals surface area contributed by atoms with Crippen LogP contribution < -0.4 is 11.1 Å². The van der Waals surface area contributed by atoms with E-state index in [0.717, 1.165) is 18.5 Å². The molecule has 1 unspecified atom stereocenters. The summed E-state index contributed by atoms with van der Waals surface area (Å²) in [7, 11) is 0. The van der Waals surface area contributed by atoms with Crippen LogP contribution in [0.5, 0.6) is 0 Å². The molecule has 0 saturated carbocycles. The predicted molar refractivity (Wildman–Crippen MR) is 77.7 cm³/mol. The molecule has 0 aromatic heterocycles. The number of hydrogen-bond acceptors (Lipinski definition) is 4. The van der Waals surface area contributed by atoms with E-state index >= 15 is 0 Å². The molecule has 6 heteroatoms. The van der Waals surface area contributed by atoms with Crippen molar-refractivity contribution in [3.8, 4) is 0 Å². The van der Waals surface area contributed by atoms with E-state index < -0.39 is 18.0 Å². The zero-order valence-electron chi connectivity index (χ0n) is 11.6. The van der Waals surface area contributed by atoms with Gasteiger partial charge in [0.2, 0.25) is 0 Å². The standard InChI is InChI=1S/C8H9NO2.C6H13NO2/c10-8(11)6-9-7-4-2-1-3-5-7;1-2-3-4-5(7)6(8)9/h1-5,9H,6H2,(H,10,11);5H,2-4,7H2,1H3,(H,8,9). The summed E-state index contributed by atoms with van der Waals surface area (Å²) < 4.78 is 0. The minimum atomic E-state index is -0.900. The van der Waals surface area contributed by atoms with E-state index in [0.29, 0.717) is 6.42 Å². The molecule has 5 N–H and O–H groups in total. The van der Waals surface area contributed by atoms with Gasteiger partial charge in [-0.1, -0.05) is 38.0 Å². The van der Waals surface area contributed by atoms with E-state index in [1.54, 1.807) is 0 Å². The molecule has 0 spiro atoms. The maximum atomic E-state index is 10.1. The van der Waals surface area contributed by atoms with E-state index in [1.165, 1.54) is 0 Å². The Bertz CT molecular complexity index is 395. The Labute approximate surface area is 118 Å². The number of aliphatic carboxylic acids is 2. The number of nitrogens with two attached hydrogens (primary N) is 1. The summed E-state index contributed by atoms with van der Waals surface area (Å²) in [5.74, 6) is -1.75. The van der Waals surface area contributed by atoms with Gasteiger partial charge in [-0.25, -0.2) is 0 Å². The molecule has 0 aliphatic rings. The average Bonchev–Trinajstić information content (AvgIpc) is 2.44. The molecule has 1 atom stereocenters. The van der Waals surface area contributed by atoms with Crippen LogP contribution in [-0.2, 0) is 9.59 Å². The number of benzene rings is 1. The SMILES string of the molecule is CCCCC(N)C(=O)O.O=C(O)CNc1ccccc1. The lowest BCUT2D eigenvalue weighted by Crippen LogP contribution is -2.29. The first-order chi connectivity index (χ1) is 9.47. The van der Waals surface area contributed by atoms with E-state index in [4.69, 9.17) is 15.9 Å². The first-order valence-electron chi connectivity index (χ1n) is 6.46. The fraction of sp³-hybridized carbons (Fsp3) is 0.429. The molecule has 112 valence electrons. The van der Waals surface area contributed by atoms with Crippen LogP contribution in [-0.4, -0.2) is 34.7 Å². The van der Waals surface area contributed by atoms with E-state index in [1.807, 2.05) is 37.3 Å². The average molecular weight is 282 g/mol. The Balaban J connectivity index is 0.000000370. The molecule has 6 nitrogen and oxygen atoms in total. The Morgan fingerprint density at radius 3 is 2.30 bits per heavy atom. The molecule has 0 radical (unpaired) electrons. The normalized spacial score (nSPS) is 10.9. The van der Waals surface area contributed by atoms with Crippen LogP contribution in [0.1, 0.15) is 26.2 Å². The van der Waals surface area contributed by atoms with Gasteiger partial charge in [-0.3, -0.25) is 9.59 Å². The van der Waals surface area contributed by atoms with Crippen molar-refractivity contribution in [2.24, 2.45) is 5.73 Å². The third-order valence-corrected chi connectivity index (χ3v) is 2.40. The Morgan fingerprint density at radius 1 is 1.25 bits per heavy atom. The van der Waals surface area contributed by atoms with Crippen molar-refractivity contribution in [3.05, 3.63) is 30.3 Å². The number of unbranched alkanes of at least 4 members (excludes halogenated alkanes) is 1. The van der Waals surface area contributed by atoms with Crippen molar-refractivity contribution in [1.82, 2.24) is 0 Å². The highest BCUT2D eigenvalue weighted by molar-refractivity contribution is 5.73. The highest BCUT2D eigenvalue weighted by Crippen LogP contribution is 2.03. The van der Waals surface area contributed by atoms with E-state index in [9.17, 15) is 9.59 Å². The first-order valence-corrected chi connectivity index (χ1v) is 6.46. The molecule has 0 heterocycles. The zero-order chi connectivity index (χ0) is 15.4. The van der Waals surface area contributed by atoms with Crippen LogP contribution in [0.3, 0.4) is 0 Å². The molecule has 1 rings (SSSR count).